The first kappa shape index (κ1) is 28.1. The molecule has 1 heterocycles. The zero-order valence-electron chi connectivity index (χ0n) is 26.2. The van der Waals surface area contributed by atoms with Crippen LogP contribution in [0.25, 0.3) is 44.5 Å². The Hall–Kier alpha value is -5.44. The summed E-state index contributed by atoms with van der Waals surface area (Å²) in [4.78, 5) is 2.38. The lowest BCUT2D eigenvalue weighted by atomic mass is 9.98. The van der Waals surface area contributed by atoms with E-state index in [0.717, 1.165) is 17.1 Å². The van der Waals surface area contributed by atoms with Gasteiger partial charge in [0.2, 0.25) is 0 Å². The second kappa shape index (κ2) is 11.5. The van der Waals surface area contributed by atoms with E-state index in [1.165, 1.54) is 49.7 Å². The second-order valence-electron chi connectivity index (χ2n) is 12.6. The van der Waals surface area contributed by atoms with Crippen molar-refractivity contribution in [3.8, 4) is 44.5 Å². The SMILES string of the molecule is C[Si]1(C)c2ccccc2-c2cccc(-c3cccc(N(c4ccccc4)c4cccc(-c5ccc(-c6ccccc6)cc5)c4)c3)c21. The molecule has 0 bridgehead atoms. The number of benzene rings is 7. The molecule has 1 aliphatic rings. The van der Waals surface area contributed by atoms with Crippen molar-refractivity contribution in [2.24, 2.45) is 0 Å². The summed E-state index contributed by atoms with van der Waals surface area (Å²) in [6, 6.07) is 64.1. The molecule has 0 atom stereocenters. The van der Waals surface area contributed by atoms with Gasteiger partial charge in [-0.05, 0) is 91.3 Å². The maximum Gasteiger partial charge on any atom is 0.114 e. The van der Waals surface area contributed by atoms with Gasteiger partial charge in [0.25, 0.3) is 0 Å². The molecular formula is C44H35NSi. The lowest BCUT2D eigenvalue weighted by Gasteiger charge is -2.27. The maximum atomic E-state index is 2.50. The van der Waals surface area contributed by atoms with E-state index in [1.807, 2.05) is 0 Å². The van der Waals surface area contributed by atoms with Gasteiger partial charge in [-0.15, -0.1) is 0 Å². The molecule has 0 fully saturated rings. The summed E-state index contributed by atoms with van der Waals surface area (Å²) in [5, 5.41) is 3.08. The molecule has 0 aromatic heterocycles. The first-order valence-corrected chi connectivity index (χ1v) is 19.0. The van der Waals surface area contributed by atoms with Gasteiger partial charge < -0.3 is 4.90 Å². The van der Waals surface area contributed by atoms with Gasteiger partial charge in [0, 0.05) is 17.1 Å². The average Bonchev–Trinajstić information content (AvgIpc) is 3.36. The minimum atomic E-state index is -1.87. The molecule has 0 radical (unpaired) electrons. The minimum Gasteiger partial charge on any atom is -0.310 e. The van der Waals surface area contributed by atoms with Crippen LogP contribution in [0.2, 0.25) is 13.1 Å². The van der Waals surface area contributed by atoms with Gasteiger partial charge in [0.15, 0.2) is 0 Å². The summed E-state index contributed by atoms with van der Waals surface area (Å²) in [5.41, 5.74) is 13.7. The summed E-state index contributed by atoms with van der Waals surface area (Å²) in [6.45, 7) is 5.00. The largest absolute Gasteiger partial charge is 0.310 e. The summed E-state index contributed by atoms with van der Waals surface area (Å²) in [5.74, 6) is 0. The third-order valence-electron chi connectivity index (χ3n) is 9.44. The lowest BCUT2D eigenvalue weighted by molar-refractivity contribution is 1.28. The highest BCUT2D eigenvalue weighted by Crippen LogP contribution is 2.39. The van der Waals surface area contributed by atoms with Gasteiger partial charge >= 0.3 is 0 Å². The zero-order chi connectivity index (χ0) is 31.1. The van der Waals surface area contributed by atoms with Crippen molar-refractivity contribution in [3.05, 3.63) is 176 Å². The fraction of sp³-hybridized carbons (Fsp3) is 0.0455. The van der Waals surface area contributed by atoms with E-state index in [1.54, 1.807) is 5.19 Å². The van der Waals surface area contributed by atoms with Crippen LogP contribution in [-0.4, -0.2) is 8.07 Å². The predicted molar refractivity (Wildman–Crippen MR) is 200 cm³/mol. The molecule has 0 saturated heterocycles. The van der Waals surface area contributed by atoms with Crippen molar-refractivity contribution in [2.45, 2.75) is 13.1 Å². The maximum absolute atomic E-state index is 2.50. The molecule has 220 valence electrons. The van der Waals surface area contributed by atoms with Gasteiger partial charge in [0.1, 0.15) is 8.07 Å². The summed E-state index contributed by atoms with van der Waals surface area (Å²) >= 11 is 0. The minimum absolute atomic E-state index is 1.13. The predicted octanol–water partition coefficient (Wildman–Crippen LogP) is 11.0. The molecular weight excluding hydrogens is 571 g/mol. The molecule has 46 heavy (non-hydrogen) atoms. The molecule has 0 unspecified atom stereocenters. The topological polar surface area (TPSA) is 3.24 Å². The normalized spacial score (nSPS) is 12.7. The van der Waals surface area contributed by atoms with Crippen LogP contribution in [0.15, 0.2) is 176 Å². The smallest absolute Gasteiger partial charge is 0.114 e. The number of nitrogens with zero attached hydrogens (tertiary/aromatic N) is 1. The first-order valence-electron chi connectivity index (χ1n) is 16.0. The highest BCUT2D eigenvalue weighted by Gasteiger charge is 2.39. The molecule has 7 aromatic carbocycles. The molecule has 0 N–H and O–H groups in total. The molecule has 0 aliphatic carbocycles. The molecule has 2 heteroatoms. The number of hydrogen-bond donors (Lipinski definition) is 0. The number of anilines is 3. The Morgan fingerprint density at radius 3 is 1.52 bits per heavy atom. The number of hydrogen-bond acceptors (Lipinski definition) is 1. The van der Waals surface area contributed by atoms with E-state index in [0.29, 0.717) is 0 Å². The van der Waals surface area contributed by atoms with Gasteiger partial charge in [0.05, 0.1) is 0 Å². The zero-order valence-corrected chi connectivity index (χ0v) is 27.2. The van der Waals surface area contributed by atoms with Crippen LogP contribution in [0.3, 0.4) is 0 Å². The van der Waals surface area contributed by atoms with Gasteiger partial charge in [-0.2, -0.15) is 0 Å². The number of fused-ring (bicyclic) bond motifs is 3. The molecule has 8 rings (SSSR count). The van der Waals surface area contributed by atoms with Crippen molar-refractivity contribution < 1.29 is 0 Å². The van der Waals surface area contributed by atoms with E-state index in [2.05, 4.69) is 194 Å². The van der Waals surface area contributed by atoms with Crippen molar-refractivity contribution in [1.29, 1.82) is 0 Å². The Morgan fingerprint density at radius 2 is 0.804 bits per heavy atom. The van der Waals surface area contributed by atoms with E-state index in [9.17, 15) is 0 Å². The summed E-state index contributed by atoms with van der Waals surface area (Å²) < 4.78 is 0. The van der Waals surface area contributed by atoms with Crippen LogP contribution in [0, 0.1) is 0 Å². The first-order chi connectivity index (χ1) is 22.6. The number of para-hydroxylation sites is 1. The van der Waals surface area contributed by atoms with Crippen molar-refractivity contribution in [1.82, 2.24) is 0 Å². The van der Waals surface area contributed by atoms with Crippen LogP contribution >= 0.6 is 0 Å². The van der Waals surface area contributed by atoms with Gasteiger partial charge in [-0.1, -0.05) is 153 Å². The highest BCUT2D eigenvalue weighted by molar-refractivity contribution is 7.04. The van der Waals surface area contributed by atoms with Crippen LogP contribution < -0.4 is 15.3 Å². The van der Waals surface area contributed by atoms with Crippen molar-refractivity contribution in [2.75, 3.05) is 4.90 Å². The highest BCUT2D eigenvalue weighted by atomic mass is 28.3. The molecule has 7 aromatic rings. The van der Waals surface area contributed by atoms with Crippen molar-refractivity contribution >= 4 is 35.5 Å². The molecule has 0 spiro atoms. The Kier molecular flexibility index (Phi) is 7.01. The Labute approximate surface area is 273 Å². The van der Waals surface area contributed by atoms with Crippen molar-refractivity contribution in [3.63, 3.8) is 0 Å². The molecule has 1 aliphatic heterocycles. The quantitative estimate of drug-likeness (QED) is 0.170. The van der Waals surface area contributed by atoms with E-state index < -0.39 is 8.07 Å². The monoisotopic (exact) mass is 605 g/mol. The lowest BCUT2D eigenvalue weighted by Crippen LogP contribution is -2.50. The Balaban J connectivity index is 1.21. The summed E-state index contributed by atoms with van der Waals surface area (Å²) in [6.07, 6.45) is 0. The summed E-state index contributed by atoms with van der Waals surface area (Å²) in [7, 11) is -1.87. The third kappa shape index (κ3) is 4.88. The van der Waals surface area contributed by atoms with Gasteiger partial charge in [-0.3, -0.25) is 0 Å². The Morgan fingerprint density at radius 1 is 0.348 bits per heavy atom. The molecule has 1 nitrogen and oxygen atoms in total. The fourth-order valence-corrected chi connectivity index (χ4v) is 10.7. The van der Waals surface area contributed by atoms with E-state index in [4.69, 9.17) is 0 Å². The van der Waals surface area contributed by atoms with E-state index in [-0.39, 0.29) is 0 Å². The molecule has 0 amide bonds. The van der Waals surface area contributed by atoms with Crippen LogP contribution in [0.5, 0.6) is 0 Å². The van der Waals surface area contributed by atoms with Crippen LogP contribution in [-0.2, 0) is 0 Å². The van der Waals surface area contributed by atoms with Crippen LogP contribution in [0.1, 0.15) is 0 Å². The van der Waals surface area contributed by atoms with Crippen LogP contribution in [0.4, 0.5) is 17.1 Å². The van der Waals surface area contributed by atoms with E-state index >= 15 is 0 Å². The molecule has 0 saturated carbocycles. The second-order valence-corrected chi connectivity index (χ2v) is 16.9. The third-order valence-corrected chi connectivity index (χ3v) is 13.0. The standard InChI is InChI=1S/C44H35NSi/c1-46(2)43-25-10-9-22-41(43)42-24-13-23-40(44(42)46)36-17-12-21-39(31-36)45(37-18-7-4-8-19-37)38-20-11-16-35(30-38)34-28-26-33(27-29-34)32-14-5-3-6-15-32/h3-31H,1-2H3. The Bertz CT molecular complexity index is 2170. The average molecular weight is 606 g/mol. The number of rotatable bonds is 6. The van der Waals surface area contributed by atoms with Gasteiger partial charge in [-0.25, -0.2) is 0 Å². The fourth-order valence-electron chi connectivity index (χ4n) is 7.24.